The SMILES string of the molecule is CC(C)(C)/C(=C/C(=O)c1ccccc1)c1c(-c2ccccc2)nc2cccc(-c3ccccc3)n12. The second kappa shape index (κ2) is 9.19. The first-order valence-corrected chi connectivity index (χ1v) is 11.9. The summed E-state index contributed by atoms with van der Waals surface area (Å²) >= 11 is 0. The van der Waals surface area contributed by atoms with Crippen molar-refractivity contribution in [2.45, 2.75) is 20.8 Å². The van der Waals surface area contributed by atoms with Crippen molar-refractivity contribution < 1.29 is 4.79 Å². The first-order valence-electron chi connectivity index (χ1n) is 11.9. The average Bonchev–Trinajstić information content (AvgIpc) is 3.27. The number of fused-ring (bicyclic) bond motifs is 1. The maximum atomic E-state index is 13.4. The molecule has 0 aliphatic carbocycles. The van der Waals surface area contributed by atoms with Crippen LogP contribution in [0.3, 0.4) is 0 Å². The highest BCUT2D eigenvalue weighted by molar-refractivity contribution is 6.09. The molecule has 5 aromatic rings. The molecule has 0 fully saturated rings. The highest BCUT2D eigenvalue weighted by atomic mass is 16.1. The van der Waals surface area contributed by atoms with E-state index in [-0.39, 0.29) is 11.2 Å². The van der Waals surface area contributed by atoms with Gasteiger partial charge in [0.1, 0.15) is 5.65 Å². The van der Waals surface area contributed by atoms with Gasteiger partial charge in [-0.15, -0.1) is 0 Å². The molecular formula is C32H28N2O. The van der Waals surface area contributed by atoms with Gasteiger partial charge in [-0.1, -0.05) is 118 Å². The third-order valence-electron chi connectivity index (χ3n) is 6.16. The number of pyridine rings is 1. The predicted octanol–water partition coefficient (Wildman–Crippen LogP) is 7.98. The number of benzene rings is 3. The summed E-state index contributed by atoms with van der Waals surface area (Å²) in [7, 11) is 0. The molecule has 0 radical (unpaired) electrons. The molecule has 5 rings (SSSR count). The smallest absolute Gasteiger partial charge is 0.186 e. The Hall–Kier alpha value is -4.24. The van der Waals surface area contributed by atoms with Gasteiger partial charge in [-0.2, -0.15) is 0 Å². The topological polar surface area (TPSA) is 34.4 Å². The number of hydrogen-bond acceptors (Lipinski definition) is 2. The summed E-state index contributed by atoms with van der Waals surface area (Å²) in [4.78, 5) is 18.5. The van der Waals surface area contributed by atoms with Gasteiger partial charge in [0, 0.05) is 11.1 Å². The molecule has 0 aliphatic rings. The maximum absolute atomic E-state index is 13.4. The molecule has 35 heavy (non-hydrogen) atoms. The molecule has 0 N–H and O–H groups in total. The number of carbonyl (C=O) groups is 1. The van der Waals surface area contributed by atoms with Crippen LogP contribution in [0.15, 0.2) is 115 Å². The Morgan fingerprint density at radius 2 is 1.29 bits per heavy atom. The van der Waals surface area contributed by atoms with Gasteiger partial charge in [0.2, 0.25) is 0 Å². The second-order valence-electron chi connectivity index (χ2n) is 9.68. The molecule has 0 saturated heterocycles. The molecule has 3 heteroatoms. The summed E-state index contributed by atoms with van der Waals surface area (Å²) in [6.07, 6.45) is 1.80. The highest BCUT2D eigenvalue weighted by Gasteiger charge is 2.28. The van der Waals surface area contributed by atoms with Crippen molar-refractivity contribution in [1.82, 2.24) is 9.38 Å². The lowest BCUT2D eigenvalue weighted by molar-refractivity contribution is 0.104. The van der Waals surface area contributed by atoms with Gasteiger partial charge in [0.25, 0.3) is 0 Å². The van der Waals surface area contributed by atoms with Crippen LogP contribution in [0, 0.1) is 5.41 Å². The molecule has 0 saturated carbocycles. The molecule has 0 unspecified atom stereocenters. The molecule has 0 spiro atoms. The summed E-state index contributed by atoms with van der Waals surface area (Å²) < 4.78 is 2.20. The summed E-state index contributed by atoms with van der Waals surface area (Å²) in [6.45, 7) is 6.45. The molecule has 172 valence electrons. The van der Waals surface area contributed by atoms with Gasteiger partial charge >= 0.3 is 0 Å². The van der Waals surface area contributed by atoms with Crippen LogP contribution in [0.2, 0.25) is 0 Å². The van der Waals surface area contributed by atoms with Crippen LogP contribution in [0.4, 0.5) is 0 Å². The predicted molar refractivity (Wildman–Crippen MR) is 144 cm³/mol. The molecule has 0 aliphatic heterocycles. The minimum absolute atomic E-state index is 0.0123. The Labute approximate surface area is 206 Å². The van der Waals surface area contributed by atoms with Gasteiger partial charge in [-0.05, 0) is 34.8 Å². The fraction of sp³-hybridized carbons (Fsp3) is 0.125. The molecule has 0 atom stereocenters. The van der Waals surface area contributed by atoms with E-state index in [1.807, 2.05) is 78.9 Å². The summed E-state index contributed by atoms with van der Waals surface area (Å²) in [6, 6.07) is 36.2. The van der Waals surface area contributed by atoms with Crippen LogP contribution < -0.4 is 0 Å². The first-order chi connectivity index (χ1) is 16.9. The number of imidazole rings is 1. The van der Waals surface area contributed by atoms with E-state index in [1.54, 1.807) is 6.08 Å². The zero-order valence-electron chi connectivity index (χ0n) is 20.3. The van der Waals surface area contributed by atoms with E-state index in [1.165, 1.54) is 0 Å². The van der Waals surface area contributed by atoms with Crippen LogP contribution in [0.5, 0.6) is 0 Å². The van der Waals surface area contributed by atoms with E-state index in [9.17, 15) is 4.79 Å². The Morgan fingerprint density at radius 3 is 1.89 bits per heavy atom. The normalized spacial score (nSPS) is 12.1. The number of ketones is 1. The fourth-order valence-electron chi connectivity index (χ4n) is 4.43. The lowest BCUT2D eigenvalue weighted by Crippen LogP contribution is -2.14. The number of rotatable bonds is 5. The summed E-state index contributed by atoms with van der Waals surface area (Å²) in [5, 5.41) is 0. The van der Waals surface area contributed by atoms with Crippen molar-refractivity contribution in [2.24, 2.45) is 5.41 Å². The second-order valence-corrected chi connectivity index (χ2v) is 9.68. The van der Waals surface area contributed by atoms with E-state index in [0.717, 1.165) is 39.4 Å². The molecular weight excluding hydrogens is 428 g/mol. The molecule has 3 nitrogen and oxygen atoms in total. The van der Waals surface area contributed by atoms with E-state index < -0.39 is 0 Å². The van der Waals surface area contributed by atoms with Crippen molar-refractivity contribution in [2.75, 3.05) is 0 Å². The Bertz CT molecular complexity index is 1510. The Balaban J connectivity index is 1.86. The molecule has 2 aromatic heterocycles. The summed E-state index contributed by atoms with van der Waals surface area (Å²) in [5.41, 5.74) is 7.13. The van der Waals surface area contributed by atoms with Crippen molar-refractivity contribution in [3.8, 4) is 22.5 Å². The lowest BCUT2D eigenvalue weighted by Gasteiger charge is -2.25. The van der Waals surface area contributed by atoms with Crippen LogP contribution >= 0.6 is 0 Å². The number of hydrogen-bond donors (Lipinski definition) is 0. The standard InChI is InChI=1S/C32H28N2O/c1-32(2,3)26(22-28(35)24-16-9-5-10-17-24)31-30(25-18-11-6-12-19-25)33-29-21-13-20-27(34(29)31)23-14-7-4-8-15-23/h4-22H,1-3H3/b26-22+. The van der Waals surface area contributed by atoms with E-state index in [2.05, 4.69) is 55.5 Å². The van der Waals surface area contributed by atoms with E-state index >= 15 is 0 Å². The monoisotopic (exact) mass is 456 g/mol. The largest absolute Gasteiger partial charge is 0.292 e. The average molecular weight is 457 g/mol. The highest BCUT2D eigenvalue weighted by Crippen LogP contribution is 2.41. The van der Waals surface area contributed by atoms with Crippen LogP contribution in [0.25, 0.3) is 33.7 Å². The number of nitrogens with zero attached hydrogens (tertiary/aromatic N) is 2. The number of allylic oxidation sites excluding steroid dienone is 2. The van der Waals surface area contributed by atoms with E-state index in [4.69, 9.17) is 4.98 Å². The van der Waals surface area contributed by atoms with Crippen LogP contribution in [0.1, 0.15) is 36.8 Å². The molecule has 0 amide bonds. The third kappa shape index (κ3) is 4.45. The summed E-state index contributed by atoms with van der Waals surface area (Å²) in [5.74, 6) is -0.0123. The van der Waals surface area contributed by atoms with Crippen molar-refractivity contribution in [3.05, 3.63) is 127 Å². The van der Waals surface area contributed by atoms with Gasteiger partial charge in [-0.25, -0.2) is 4.98 Å². The number of aromatic nitrogens is 2. The minimum atomic E-state index is -0.312. The first kappa shape index (κ1) is 22.5. The van der Waals surface area contributed by atoms with Gasteiger partial charge in [-0.3, -0.25) is 9.20 Å². The van der Waals surface area contributed by atoms with Gasteiger partial charge < -0.3 is 0 Å². The van der Waals surface area contributed by atoms with Crippen LogP contribution in [-0.2, 0) is 0 Å². The van der Waals surface area contributed by atoms with Crippen LogP contribution in [-0.4, -0.2) is 15.2 Å². The van der Waals surface area contributed by atoms with Gasteiger partial charge in [0.15, 0.2) is 5.78 Å². The Morgan fingerprint density at radius 1 is 0.714 bits per heavy atom. The molecule has 2 heterocycles. The lowest BCUT2D eigenvalue weighted by atomic mass is 9.82. The van der Waals surface area contributed by atoms with Crippen molar-refractivity contribution >= 4 is 17.0 Å². The molecule has 0 bridgehead atoms. The Kier molecular flexibility index (Phi) is 5.92. The quantitative estimate of drug-likeness (QED) is 0.198. The van der Waals surface area contributed by atoms with E-state index in [0.29, 0.717) is 5.56 Å². The fourth-order valence-corrected chi connectivity index (χ4v) is 4.43. The molecule has 3 aromatic carbocycles. The third-order valence-corrected chi connectivity index (χ3v) is 6.16. The zero-order valence-corrected chi connectivity index (χ0v) is 20.3. The zero-order chi connectivity index (χ0) is 24.4. The number of carbonyl (C=O) groups excluding carboxylic acids is 1. The minimum Gasteiger partial charge on any atom is -0.292 e. The van der Waals surface area contributed by atoms with Gasteiger partial charge in [0.05, 0.1) is 17.1 Å². The van der Waals surface area contributed by atoms with Crippen molar-refractivity contribution in [3.63, 3.8) is 0 Å². The maximum Gasteiger partial charge on any atom is 0.186 e. The van der Waals surface area contributed by atoms with Crippen molar-refractivity contribution in [1.29, 1.82) is 0 Å².